The molecule has 0 aromatic carbocycles. The molecule has 0 radical (unpaired) electrons. The standard InChI is InChI=1S/C14H16N8O2/c1-10(17-12(23)5-3-7-22-9-16-20-21-22)14-18-13(19-24-14)11-4-2-6-15-8-11/h2,4,6,8-10H,3,5,7H2,1H3,(H,17,23). The van der Waals surface area contributed by atoms with Crippen molar-refractivity contribution in [2.75, 3.05) is 0 Å². The average molecular weight is 328 g/mol. The number of hydrogen-bond donors (Lipinski definition) is 1. The van der Waals surface area contributed by atoms with Crippen molar-refractivity contribution in [1.82, 2.24) is 40.6 Å². The van der Waals surface area contributed by atoms with Crippen LogP contribution in [0.1, 0.15) is 31.7 Å². The zero-order valence-corrected chi connectivity index (χ0v) is 13.0. The summed E-state index contributed by atoms with van der Waals surface area (Å²) in [5.41, 5.74) is 0.757. The van der Waals surface area contributed by atoms with E-state index < -0.39 is 0 Å². The molecule has 1 unspecified atom stereocenters. The van der Waals surface area contributed by atoms with Crippen LogP contribution in [0.2, 0.25) is 0 Å². The predicted octanol–water partition coefficient (Wildman–Crippen LogP) is 0.776. The molecule has 0 saturated heterocycles. The van der Waals surface area contributed by atoms with Gasteiger partial charge in [-0.15, -0.1) is 5.10 Å². The number of nitrogens with one attached hydrogen (secondary N) is 1. The van der Waals surface area contributed by atoms with Gasteiger partial charge in [0.25, 0.3) is 0 Å². The van der Waals surface area contributed by atoms with Crippen LogP contribution >= 0.6 is 0 Å². The lowest BCUT2D eigenvalue weighted by atomic mass is 10.2. The molecule has 1 N–H and O–H groups in total. The van der Waals surface area contributed by atoms with Gasteiger partial charge < -0.3 is 9.84 Å². The van der Waals surface area contributed by atoms with Gasteiger partial charge in [-0.3, -0.25) is 9.78 Å². The van der Waals surface area contributed by atoms with Crippen LogP contribution in [0.4, 0.5) is 0 Å². The summed E-state index contributed by atoms with van der Waals surface area (Å²) in [6.07, 6.45) is 5.82. The summed E-state index contributed by atoms with van der Waals surface area (Å²) in [6, 6.07) is 3.26. The first-order valence-electron chi connectivity index (χ1n) is 7.46. The topological polar surface area (TPSA) is 125 Å². The molecule has 3 aromatic heterocycles. The number of rotatable bonds is 7. The molecule has 1 atom stereocenters. The van der Waals surface area contributed by atoms with Gasteiger partial charge in [0.05, 0.1) is 0 Å². The summed E-state index contributed by atoms with van der Waals surface area (Å²) in [5.74, 6) is 0.692. The molecule has 0 spiro atoms. The number of pyridine rings is 1. The van der Waals surface area contributed by atoms with E-state index in [1.54, 1.807) is 30.1 Å². The molecule has 3 rings (SSSR count). The Labute approximate surface area is 137 Å². The molecule has 24 heavy (non-hydrogen) atoms. The first-order valence-corrected chi connectivity index (χ1v) is 7.46. The highest BCUT2D eigenvalue weighted by molar-refractivity contribution is 5.76. The second-order valence-corrected chi connectivity index (χ2v) is 5.16. The van der Waals surface area contributed by atoms with Crippen LogP contribution in [0.25, 0.3) is 11.4 Å². The zero-order valence-electron chi connectivity index (χ0n) is 13.0. The van der Waals surface area contributed by atoms with Gasteiger partial charge in [-0.2, -0.15) is 4.98 Å². The molecule has 10 nitrogen and oxygen atoms in total. The molecule has 0 aliphatic carbocycles. The normalized spacial score (nSPS) is 12.0. The van der Waals surface area contributed by atoms with E-state index in [0.29, 0.717) is 31.1 Å². The van der Waals surface area contributed by atoms with Gasteiger partial charge in [-0.1, -0.05) is 5.16 Å². The maximum Gasteiger partial charge on any atom is 0.249 e. The van der Waals surface area contributed by atoms with E-state index in [4.69, 9.17) is 4.52 Å². The number of carbonyl (C=O) groups excluding carboxylic acids is 1. The van der Waals surface area contributed by atoms with Gasteiger partial charge in [0.2, 0.25) is 17.6 Å². The third-order valence-corrected chi connectivity index (χ3v) is 3.29. The minimum atomic E-state index is -0.372. The number of hydrogen-bond acceptors (Lipinski definition) is 8. The monoisotopic (exact) mass is 328 g/mol. The quantitative estimate of drug-likeness (QED) is 0.674. The fraction of sp³-hybridized carbons (Fsp3) is 0.357. The van der Waals surface area contributed by atoms with E-state index in [1.807, 2.05) is 6.07 Å². The van der Waals surface area contributed by atoms with Gasteiger partial charge in [-0.05, 0) is 35.9 Å². The summed E-state index contributed by atoms with van der Waals surface area (Å²) in [5, 5.41) is 17.5. The Kier molecular flexibility index (Phi) is 4.84. The number of tetrazole rings is 1. The highest BCUT2D eigenvalue weighted by Crippen LogP contribution is 2.17. The number of carbonyl (C=O) groups is 1. The lowest BCUT2D eigenvalue weighted by Crippen LogP contribution is -2.26. The van der Waals surface area contributed by atoms with Crippen molar-refractivity contribution < 1.29 is 9.32 Å². The average Bonchev–Trinajstić information content (AvgIpc) is 3.27. The van der Waals surface area contributed by atoms with E-state index in [0.717, 1.165) is 5.56 Å². The number of amides is 1. The molecule has 0 bridgehead atoms. The lowest BCUT2D eigenvalue weighted by molar-refractivity contribution is -0.122. The minimum absolute atomic E-state index is 0.100. The van der Waals surface area contributed by atoms with E-state index in [2.05, 4.69) is 36.0 Å². The van der Waals surface area contributed by atoms with Crippen LogP contribution in [0, 0.1) is 0 Å². The van der Waals surface area contributed by atoms with Crippen molar-refractivity contribution in [2.24, 2.45) is 0 Å². The van der Waals surface area contributed by atoms with Crippen molar-refractivity contribution in [3.8, 4) is 11.4 Å². The molecule has 3 heterocycles. The van der Waals surface area contributed by atoms with Gasteiger partial charge in [0.1, 0.15) is 12.4 Å². The molecule has 0 aliphatic heterocycles. The first kappa shape index (κ1) is 15.7. The summed E-state index contributed by atoms with van der Waals surface area (Å²) < 4.78 is 6.79. The van der Waals surface area contributed by atoms with Crippen molar-refractivity contribution in [3.05, 3.63) is 36.7 Å². The Bertz CT molecular complexity index is 771. The Hall–Kier alpha value is -3.17. The maximum atomic E-state index is 12.0. The number of aryl methyl sites for hydroxylation is 1. The summed E-state index contributed by atoms with van der Waals surface area (Å²) in [4.78, 5) is 20.3. The largest absolute Gasteiger partial charge is 0.345 e. The van der Waals surface area contributed by atoms with Gasteiger partial charge in [0.15, 0.2) is 0 Å². The van der Waals surface area contributed by atoms with Gasteiger partial charge >= 0.3 is 0 Å². The molecule has 10 heteroatoms. The smallest absolute Gasteiger partial charge is 0.249 e. The van der Waals surface area contributed by atoms with Crippen LogP contribution in [0.5, 0.6) is 0 Å². The van der Waals surface area contributed by atoms with E-state index in [-0.39, 0.29) is 11.9 Å². The zero-order chi connectivity index (χ0) is 16.8. The third-order valence-electron chi connectivity index (χ3n) is 3.29. The summed E-state index contributed by atoms with van der Waals surface area (Å²) in [6.45, 7) is 2.38. The second-order valence-electron chi connectivity index (χ2n) is 5.16. The predicted molar refractivity (Wildman–Crippen MR) is 81.1 cm³/mol. The molecule has 124 valence electrons. The van der Waals surface area contributed by atoms with Crippen LogP contribution in [0.3, 0.4) is 0 Å². The molecule has 0 fully saturated rings. The third kappa shape index (κ3) is 3.97. The van der Waals surface area contributed by atoms with Gasteiger partial charge in [-0.25, -0.2) is 4.68 Å². The van der Waals surface area contributed by atoms with E-state index >= 15 is 0 Å². The Morgan fingerprint density at radius 1 is 1.46 bits per heavy atom. The maximum absolute atomic E-state index is 12.0. The van der Waals surface area contributed by atoms with Gasteiger partial charge in [0, 0.05) is 30.9 Å². The minimum Gasteiger partial charge on any atom is -0.345 e. The van der Waals surface area contributed by atoms with Crippen LogP contribution < -0.4 is 5.32 Å². The molecular formula is C14H16N8O2. The molecule has 1 amide bonds. The molecule has 0 aliphatic rings. The Balaban J connectivity index is 1.50. The number of aromatic nitrogens is 7. The second kappa shape index (κ2) is 7.40. The van der Waals surface area contributed by atoms with Crippen molar-refractivity contribution in [2.45, 2.75) is 32.4 Å². The fourth-order valence-electron chi connectivity index (χ4n) is 2.08. The van der Waals surface area contributed by atoms with Crippen molar-refractivity contribution in [3.63, 3.8) is 0 Å². The SMILES string of the molecule is CC(NC(=O)CCCn1cnnn1)c1nc(-c2cccnc2)no1. The highest BCUT2D eigenvalue weighted by atomic mass is 16.5. The van der Waals surface area contributed by atoms with Crippen molar-refractivity contribution >= 4 is 5.91 Å². The Morgan fingerprint density at radius 3 is 3.12 bits per heavy atom. The van der Waals surface area contributed by atoms with E-state index in [9.17, 15) is 4.79 Å². The highest BCUT2D eigenvalue weighted by Gasteiger charge is 2.17. The van der Waals surface area contributed by atoms with Crippen molar-refractivity contribution in [1.29, 1.82) is 0 Å². The summed E-state index contributed by atoms with van der Waals surface area (Å²) in [7, 11) is 0. The van der Waals surface area contributed by atoms with Crippen LogP contribution in [0.15, 0.2) is 35.4 Å². The molecule has 0 saturated carbocycles. The number of nitrogens with zero attached hydrogens (tertiary/aromatic N) is 7. The molecular weight excluding hydrogens is 312 g/mol. The summed E-state index contributed by atoms with van der Waals surface area (Å²) >= 11 is 0. The van der Waals surface area contributed by atoms with Crippen LogP contribution in [-0.2, 0) is 11.3 Å². The fourth-order valence-corrected chi connectivity index (χ4v) is 2.08. The van der Waals surface area contributed by atoms with Crippen LogP contribution in [-0.4, -0.2) is 41.2 Å². The first-order chi connectivity index (χ1) is 11.7. The van der Waals surface area contributed by atoms with E-state index in [1.165, 1.54) is 6.33 Å². The lowest BCUT2D eigenvalue weighted by Gasteiger charge is -2.09. The Morgan fingerprint density at radius 2 is 2.38 bits per heavy atom. The molecule has 3 aromatic rings.